The second-order valence-corrected chi connectivity index (χ2v) is 6.09. The van der Waals surface area contributed by atoms with Crippen molar-refractivity contribution in [1.82, 2.24) is 14.8 Å². The average molecular weight is 293 g/mol. The molecule has 1 aromatic rings. The molecule has 3 heterocycles. The lowest BCUT2D eigenvalue weighted by Gasteiger charge is -2.42. The molecule has 5 nitrogen and oxygen atoms in total. The van der Waals surface area contributed by atoms with Gasteiger partial charge in [0.25, 0.3) is 0 Å². The van der Waals surface area contributed by atoms with E-state index in [2.05, 4.69) is 4.98 Å². The van der Waals surface area contributed by atoms with Gasteiger partial charge in [-0.05, 0) is 19.3 Å². The third kappa shape index (κ3) is 2.22. The van der Waals surface area contributed by atoms with Gasteiger partial charge in [-0.1, -0.05) is 6.92 Å². The summed E-state index contributed by atoms with van der Waals surface area (Å²) < 4.78 is 0. The zero-order valence-corrected chi connectivity index (χ0v) is 12.4. The van der Waals surface area contributed by atoms with Crippen molar-refractivity contribution >= 4 is 23.2 Å². The van der Waals surface area contributed by atoms with Gasteiger partial charge >= 0.3 is 0 Å². The molecule has 20 heavy (non-hydrogen) atoms. The Kier molecular flexibility index (Phi) is 3.74. The van der Waals surface area contributed by atoms with Gasteiger partial charge in [0, 0.05) is 24.9 Å². The van der Waals surface area contributed by atoms with Crippen LogP contribution in [0.4, 0.5) is 0 Å². The second kappa shape index (κ2) is 5.52. The average Bonchev–Trinajstić information content (AvgIpc) is 3.11. The Hall–Kier alpha value is -1.43. The van der Waals surface area contributed by atoms with Crippen LogP contribution in [0, 0.1) is 0 Å². The zero-order valence-electron chi connectivity index (χ0n) is 11.6. The van der Waals surface area contributed by atoms with Gasteiger partial charge in [0.15, 0.2) is 0 Å². The topological polar surface area (TPSA) is 53.5 Å². The Bertz CT molecular complexity index is 503. The van der Waals surface area contributed by atoms with E-state index in [1.54, 1.807) is 26.6 Å². The number of rotatable bonds is 4. The number of carbonyl (C=O) groups excluding carboxylic acids is 2. The highest BCUT2D eigenvalue weighted by molar-refractivity contribution is 7.07. The predicted molar refractivity (Wildman–Crippen MR) is 76.3 cm³/mol. The number of amides is 2. The molecule has 3 rings (SSSR count). The van der Waals surface area contributed by atoms with Crippen LogP contribution in [0.5, 0.6) is 0 Å². The quantitative estimate of drug-likeness (QED) is 0.841. The maximum absolute atomic E-state index is 12.6. The van der Waals surface area contributed by atoms with Gasteiger partial charge < -0.3 is 9.80 Å². The molecule has 2 fully saturated rings. The third-order valence-corrected chi connectivity index (χ3v) is 4.88. The van der Waals surface area contributed by atoms with E-state index in [-0.39, 0.29) is 23.9 Å². The zero-order chi connectivity index (χ0) is 14.1. The molecule has 2 unspecified atom stereocenters. The summed E-state index contributed by atoms with van der Waals surface area (Å²) in [6, 6.07) is -0.490. The lowest BCUT2D eigenvalue weighted by molar-refractivity contribution is -0.159. The number of piperazine rings is 1. The summed E-state index contributed by atoms with van der Waals surface area (Å²) in [5.74, 6) is 0.261. The summed E-state index contributed by atoms with van der Waals surface area (Å²) in [7, 11) is 0. The smallest absolute Gasteiger partial charge is 0.246 e. The summed E-state index contributed by atoms with van der Waals surface area (Å²) in [4.78, 5) is 32.9. The van der Waals surface area contributed by atoms with Crippen molar-refractivity contribution in [2.24, 2.45) is 0 Å². The molecule has 2 amide bonds. The van der Waals surface area contributed by atoms with Crippen LogP contribution < -0.4 is 0 Å². The van der Waals surface area contributed by atoms with Crippen LogP contribution in [0.25, 0.3) is 0 Å². The van der Waals surface area contributed by atoms with Crippen molar-refractivity contribution in [3.63, 3.8) is 0 Å². The molecule has 2 aliphatic heterocycles. The summed E-state index contributed by atoms with van der Waals surface area (Å²) in [5, 5.41) is 2.00. The number of hydrogen-bond donors (Lipinski definition) is 0. The number of aromatic nitrogens is 1. The summed E-state index contributed by atoms with van der Waals surface area (Å²) >= 11 is 1.56. The first-order valence-corrected chi connectivity index (χ1v) is 8.14. The maximum atomic E-state index is 12.6. The molecule has 0 saturated carbocycles. The molecule has 0 aliphatic carbocycles. The minimum absolute atomic E-state index is 0.129. The van der Waals surface area contributed by atoms with Crippen LogP contribution in [0.15, 0.2) is 10.9 Å². The minimum atomic E-state index is -0.282. The van der Waals surface area contributed by atoms with Crippen molar-refractivity contribution in [3.05, 3.63) is 16.6 Å². The Morgan fingerprint density at radius 1 is 1.40 bits per heavy atom. The minimum Gasteiger partial charge on any atom is -0.329 e. The van der Waals surface area contributed by atoms with E-state index >= 15 is 0 Å². The molecular formula is C14H19N3O2S. The maximum Gasteiger partial charge on any atom is 0.246 e. The third-order valence-electron chi connectivity index (χ3n) is 4.24. The van der Waals surface area contributed by atoms with Crippen molar-refractivity contribution in [2.45, 2.75) is 44.7 Å². The molecule has 0 spiro atoms. The number of hydrogen-bond acceptors (Lipinski definition) is 4. The molecule has 108 valence electrons. The first-order valence-electron chi connectivity index (χ1n) is 7.20. The number of carbonyl (C=O) groups is 2. The lowest BCUT2D eigenvalue weighted by atomic mass is 10.0. The fourth-order valence-electron chi connectivity index (χ4n) is 3.21. The lowest BCUT2D eigenvalue weighted by Crippen LogP contribution is -2.62. The molecule has 0 N–H and O–H groups in total. The summed E-state index contributed by atoms with van der Waals surface area (Å²) in [5.41, 5.74) is 2.80. The Balaban J connectivity index is 1.76. The molecule has 2 aliphatic rings. The molecule has 0 radical (unpaired) electrons. The highest BCUT2D eigenvalue weighted by Crippen LogP contribution is 2.28. The molecule has 0 aromatic carbocycles. The van der Waals surface area contributed by atoms with Gasteiger partial charge in [-0.3, -0.25) is 9.59 Å². The normalized spacial score (nSPS) is 26.2. The molecule has 2 atom stereocenters. The van der Waals surface area contributed by atoms with Gasteiger partial charge in [0.2, 0.25) is 11.8 Å². The predicted octanol–water partition coefficient (Wildman–Crippen LogP) is 1.30. The number of nitrogens with zero attached hydrogens (tertiary/aromatic N) is 3. The van der Waals surface area contributed by atoms with E-state index in [1.807, 2.05) is 12.3 Å². The summed E-state index contributed by atoms with van der Waals surface area (Å²) in [6.07, 6.45) is 3.17. The van der Waals surface area contributed by atoms with E-state index in [9.17, 15) is 9.59 Å². The van der Waals surface area contributed by atoms with E-state index in [0.29, 0.717) is 13.0 Å². The van der Waals surface area contributed by atoms with Crippen LogP contribution in [0.2, 0.25) is 0 Å². The first kappa shape index (κ1) is 13.5. The van der Waals surface area contributed by atoms with Crippen molar-refractivity contribution in [3.8, 4) is 0 Å². The number of thiazole rings is 1. The summed E-state index contributed by atoms with van der Waals surface area (Å²) in [6.45, 7) is 3.31. The van der Waals surface area contributed by atoms with E-state index in [4.69, 9.17) is 0 Å². The van der Waals surface area contributed by atoms with Crippen LogP contribution >= 0.6 is 11.3 Å². The van der Waals surface area contributed by atoms with Gasteiger partial charge in [0.1, 0.15) is 12.1 Å². The van der Waals surface area contributed by atoms with E-state index in [1.165, 1.54) is 0 Å². The fourth-order valence-corrected chi connectivity index (χ4v) is 3.81. The van der Waals surface area contributed by atoms with Crippen LogP contribution in [0.1, 0.15) is 31.9 Å². The van der Waals surface area contributed by atoms with Gasteiger partial charge in [-0.2, -0.15) is 0 Å². The van der Waals surface area contributed by atoms with Crippen molar-refractivity contribution in [1.29, 1.82) is 0 Å². The number of fused-ring (bicyclic) bond motifs is 1. The van der Waals surface area contributed by atoms with Gasteiger partial charge in [-0.15, -0.1) is 11.3 Å². The first-order chi connectivity index (χ1) is 9.72. The van der Waals surface area contributed by atoms with E-state index in [0.717, 1.165) is 31.5 Å². The second-order valence-electron chi connectivity index (χ2n) is 5.38. The van der Waals surface area contributed by atoms with Crippen LogP contribution in [0.3, 0.4) is 0 Å². The van der Waals surface area contributed by atoms with Crippen LogP contribution in [-0.2, 0) is 16.0 Å². The molecular weight excluding hydrogens is 274 g/mol. The Morgan fingerprint density at radius 3 is 2.95 bits per heavy atom. The van der Waals surface area contributed by atoms with Crippen LogP contribution in [-0.4, -0.2) is 51.8 Å². The molecule has 2 saturated heterocycles. The highest BCUT2D eigenvalue weighted by Gasteiger charge is 2.46. The highest BCUT2D eigenvalue weighted by atomic mass is 32.1. The SMILES string of the molecule is CCC1C(=O)N2CCCC2C(=O)N1CCc1cscn1. The van der Waals surface area contributed by atoms with E-state index < -0.39 is 0 Å². The van der Waals surface area contributed by atoms with Gasteiger partial charge in [0.05, 0.1) is 11.2 Å². The standard InChI is InChI=1S/C14H19N3O2S/c1-2-11-13(18)16-6-3-4-12(16)14(19)17(11)7-5-10-8-20-9-15-10/h8-9,11-12H,2-7H2,1H3. The Morgan fingerprint density at radius 2 is 2.25 bits per heavy atom. The Labute approximate surface area is 122 Å². The fraction of sp³-hybridized carbons (Fsp3) is 0.643. The van der Waals surface area contributed by atoms with Crippen molar-refractivity contribution < 1.29 is 9.59 Å². The largest absolute Gasteiger partial charge is 0.329 e. The monoisotopic (exact) mass is 293 g/mol. The van der Waals surface area contributed by atoms with Crippen molar-refractivity contribution in [2.75, 3.05) is 13.1 Å². The van der Waals surface area contributed by atoms with Gasteiger partial charge in [-0.25, -0.2) is 4.98 Å². The molecule has 6 heteroatoms. The molecule has 0 bridgehead atoms. The molecule has 1 aromatic heterocycles.